The first-order chi connectivity index (χ1) is 19.9. The fourth-order valence-corrected chi connectivity index (χ4v) is 5.45. The molecule has 10 heteroatoms. The second-order valence-corrected chi connectivity index (χ2v) is 10.5. The molecule has 41 heavy (non-hydrogen) atoms. The number of nitrogens with zero attached hydrogens (tertiary/aromatic N) is 3. The number of carbonyl (C=O) groups is 3. The molecule has 0 radical (unpaired) electrons. The van der Waals surface area contributed by atoms with Gasteiger partial charge in [0.05, 0.1) is 24.8 Å². The third-order valence-corrected chi connectivity index (χ3v) is 7.55. The smallest absolute Gasteiger partial charge is 0.291 e. The summed E-state index contributed by atoms with van der Waals surface area (Å²) in [6.07, 6.45) is 0.581. The average molecular weight is 561 g/mol. The molecule has 0 spiro atoms. The summed E-state index contributed by atoms with van der Waals surface area (Å²) in [5.74, 6) is 0.141. The van der Waals surface area contributed by atoms with Gasteiger partial charge in [0.1, 0.15) is 19.0 Å². The standard InChI is InChI=1S/C31H36N4O6/c1-21-29(41-22(2)33-21)31(38)35-17-26-24-10-6-11-25(16-24)40-15-14-34(13-7-12-32-30(37)27(26)18-35)28(36)20-39-19-23-8-4-3-5-9-23/h3-6,8-11,16,26-27H,7,12-15,17-20H2,1-2H3,(H,32,37)/t26-,27+/m1/s1. The molecular weight excluding hydrogens is 524 g/mol. The van der Waals surface area contributed by atoms with Crippen LogP contribution in [0.2, 0.25) is 0 Å². The van der Waals surface area contributed by atoms with Crippen molar-refractivity contribution in [3.63, 3.8) is 0 Å². The highest BCUT2D eigenvalue weighted by Crippen LogP contribution is 2.35. The van der Waals surface area contributed by atoms with Crippen molar-refractivity contribution in [2.75, 3.05) is 45.9 Å². The average Bonchev–Trinajstić information content (AvgIpc) is 3.57. The summed E-state index contributed by atoms with van der Waals surface area (Å²) in [6.45, 7) is 6.01. The number of aromatic nitrogens is 1. The molecule has 0 aliphatic carbocycles. The van der Waals surface area contributed by atoms with Crippen molar-refractivity contribution in [2.45, 2.75) is 32.8 Å². The summed E-state index contributed by atoms with van der Waals surface area (Å²) in [5.41, 5.74) is 2.46. The Labute approximate surface area is 239 Å². The van der Waals surface area contributed by atoms with Crippen LogP contribution in [-0.4, -0.2) is 78.4 Å². The van der Waals surface area contributed by atoms with Gasteiger partial charge in [-0.25, -0.2) is 4.98 Å². The quantitative estimate of drug-likeness (QED) is 0.510. The van der Waals surface area contributed by atoms with Crippen LogP contribution in [0.1, 0.15) is 45.6 Å². The van der Waals surface area contributed by atoms with Gasteiger partial charge in [0.2, 0.25) is 17.6 Å². The highest BCUT2D eigenvalue weighted by atomic mass is 16.5. The minimum absolute atomic E-state index is 0.0332. The summed E-state index contributed by atoms with van der Waals surface area (Å²) in [4.78, 5) is 47.3. The number of hydrogen-bond donors (Lipinski definition) is 1. The van der Waals surface area contributed by atoms with E-state index in [1.807, 2.05) is 54.6 Å². The lowest BCUT2D eigenvalue weighted by atomic mass is 9.88. The Balaban J connectivity index is 1.27. The van der Waals surface area contributed by atoms with Gasteiger partial charge >= 0.3 is 0 Å². The Hall–Kier alpha value is -4.18. The van der Waals surface area contributed by atoms with E-state index in [2.05, 4.69) is 10.3 Å². The fourth-order valence-electron chi connectivity index (χ4n) is 5.45. The van der Waals surface area contributed by atoms with Crippen LogP contribution in [-0.2, 0) is 20.9 Å². The van der Waals surface area contributed by atoms with E-state index in [1.54, 1.807) is 23.6 Å². The van der Waals surface area contributed by atoms with E-state index in [9.17, 15) is 14.4 Å². The van der Waals surface area contributed by atoms with E-state index in [0.717, 1.165) is 11.1 Å². The first-order valence-electron chi connectivity index (χ1n) is 14.0. The van der Waals surface area contributed by atoms with Crippen molar-refractivity contribution >= 4 is 17.7 Å². The van der Waals surface area contributed by atoms with Crippen LogP contribution in [0.5, 0.6) is 5.75 Å². The molecule has 10 nitrogen and oxygen atoms in total. The van der Waals surface area contributed by atoms with Crippen LogP contribution < -0.4 is 10.1 Å². The molecule has 2 aromatic carbocycles. The third kappa shape index (κ3) is 6.94. The maximum Gasteiger partial charge on any atom is 0.291 e. The Morgan fingerprint density at radius 3 is 2.61 bits per heavy atom. The molecule has 2 aliphatic heterocycles. The van der Waals surface area contributed by atoms with Crippen molar-refractivity contribution in [1.29, 1.82) is 0 Å². The van der Waals surface area contributed by atoms with Crippen LogP contribution in [0.25, 0.3) is 0 Å². The first-order valence-corrected chi connectivity index (χ1v) is 14.0. The van der Waals surface area contributed by atoms with E-state index in [-0.39, 0.29) is 42.6 Å². The van der Waals surface area contributed by atoms with Crippen LogP contribution >= 0.6 is 0 Å². The molecule has 2 atom stereocenters. The summed E-state index contributed by atoms with van der Waals surface area (Å²) < 4.78 is 17.3. The lowest BCUT2D eigenvalue weighted by Gasteiger charge is -2.24. The lowest BCUT2D eigenvalue weighted by Crippen LogP contribution is -2.40. The minimum atomic E-state index is -0.439. The maximum atomic E-state index is 13.4. The van der Waals surface area contributed by atoms with Gasteiger partial charge in [-0.05, 0) is 36.6 Å². The van der Waals surface area contributed by atoms with E-state index in [1.165, 1.54) is 0 Å². The van der Waals surface area contributed by atoms with E-state index in [4.69, 9.17) is 13.9 Å². The number of rotatable bonds is 5. The number of amides is 3. The first kappa shape index (κ1) is 28.4. The maximum absolute atomic E-state index is 13.4. The Bertz CT molecular complexity index is 1370. The normalized spacial score (nSPS) is 19.6. The second-order valence-electron chi connectivity index (χ2n) is 10.5. The summed E-state index contributed by atoms with van der Waals surface area (Å²) in [7, 11) is 0. The van der Waals surface area contributed by atoms with Gasteiger partial charge in [-0.2, -0.15) is 0 Å². The van der Waals surface area contributed by atoms with Gasteiger partial charge in [-0.15, -0.1) is 0 Å². The summed E-state index contributed by atoms with van der Waals surface area (Å²) >= 11 is 0. The van der Waals surface area contributed by atoms with Crippen molar-refractivity contribution in [3.05, 3.63) is 83.1 Å². The van der Waals surface area contributed by atoms with Crippen molar-refractivity contribution in [2.24, 2.45) is 5.92 Å². The van der Waals surface area contributed by atoms with Crippen molar-refractivity contribution in [3.8, 4) is 5.75 Å². The molecule has 3 amide bonds. The fraction of sp³-hybridized carbons (Fsp3) is 0.419. The monoisotopic (exact) mass is 560 g/mol. The van der Waals surface area contributed by atoms with Crippen molar-refractivity contribution in [1.82, 2.24) is 20.1 Å². The number of nitrogens with one attached hydrogen (secondary N) is 1. The number of likely N-dealkylation sites (tertiary alicyclic amines) is 1. The number of aryl methyl sites for hydroxylation is 2. The lowest BCUT2D eigenvalue weighted by molar-refractivity contribution is -0.137. The SMILES string of the molecule is Cc1nc(C)c(C(=O)N2C[C@@H]3C(=O)NCCCN(C(=O)COCc4ccccc4)CCOc4cccc(c4)[C@H]3C2)o1. The Morgan fingerprint density at radius 2 is 1.83 bits per heavy atom. The van der Waals surface area contributed by atoms with E-state index in [0.29, 0.717) is 63.1 Å². The van der Waals surface area contributed by atoms with Gasteiger partial charge in [0.25, 0.3) is 5.91 Å². The number of hydrogen-bond acceptors (Lipinski definition) is 7. The highest BCUT2D eigenvalue weighted by molar-refractivity contribution is 5.93. The molecule has 3 aromatic rings. The molecule has 0 unspecified atom stereocenters. The number of benzene rings is 2. The number of oxazole rings is 1. The summed E-state index contributed by atoms with van der Waals surface area (Å²) in [6, 6.07) is 17.3. The Kier molecular flexibility index (Phi) is 8.98. The molecule has 0 saturated carbocycles. The predicted octanol–water partition coefficient (Wildman–Crippen LogP) is 3.09. The van der Waals surface area contributed by atoms with Crippen LogP contribution in [0.3, 0.4) is 0 Å². The van der Waals surface area contributed by atoms with Crippen LogP contribution in [0, 0.1) is 19.8 Å². The molecule has 2 bridgehead atoms. The van der Waals surface area contributed by atoms with Gasteiger partial charge in [-0.1, -0.05) is 42.5 Å². The van der Waals surface area contributed by atoms with E-state index >= 15 is 0 Å². The zero-order valence-corrected chi connectivity index (χ0v) is 23.5. The molecule has 1 saturated heterocycles. The van der Waals surface area contributed by atoms with Gasteiger partial charge in [-0.3, -0.25) is 14.4 Å². The highest BCUT2D eigenvalue weighted by Gasteiger charge is 2.41. The zero-order chi connectivity index (χ0) is 28.8. The van der Waals surface area contributed by atoms with Crippen LogP contribution in [0.15, 0.2) is 59.0 Å². The van der Waals surface area contributed by atoms with Gasteiger partial charge < -0.3 is 29.0 Å². The van der Waals surface area contributed by atoms with Crippen LogP contribution in [0.4, 0.5) is 0 Å². The number of fused-ring (bicyclic) bond motifs is 4. The molecule has 1 N–H and O–H groups in total. The molecule has 216 valence electrons. The second kappa shape index (κ2) is 13.0. The van der Waals surface area contributed by atoms with Gasteiger partial charge in [0, 0.05) is 39.0 Å². The molecule has 1 fully saturated rings. The molecule has 1 aromatic heterocycles. The van der Waals surface area contributed by atoms with E-state index < -0.39 is 5.92 Å². The third-order valence-electron chi connectivity index (χ3n) is 7.55. The number of ether oxygens (including phenoxy) is 2. The number of carbonyl (C=O) groups excluding carboxylic acids is 3. The topological polar surface area (TPSA) is 114 Å². The predicted molar refractivity (Wildman–Crippen MR) is 150 cm³/mol. The zero-order valence-electron chi connectivity index (χ0n) is 23.5. The summed E-state index contributed by atoms with van der Waals surface area (Å²) in [5, 5.41) is 3.04. The Morgan fingerprint density at radius 1 is 1.02 bits per heavy atom. The molecule has 2 aliphatic rings. The molecule has 3 heterocycles. The van der Waals surface area contributed by atoms with Gasteiger partial charge in [0.15, 0.2) is 5.89 Å². The molecular formula is C31H36N4O6. The minimum Gasteiger partial charge on any atom is -0.492 e. The molecule has 5 rings (SSSR count). The largest absolute Gasteiger partial charge is 0.492 e. The van der Waals surface area contributed by atoms with Crippen molar-refractivity contribution < 1.29 is 28.3 Å².